The van der Waals surface area contributed by atoms with Crippen LogP contribution in [0.4, 0.5) is 39.5 Å². The van der Waals surface area contributed by atoms with Crippen molar-refractivity contribution in [2.45, 2.75) is 24.6 Å². The normalized spacial score (nSPS) is 15.8. The topological polar surface area (TPSA) is 33.1 Å². The smallest absolute Gasteiger partial charge is 0.387 e. The number of thiazole rings is 1. The Morgan fingerprint density at radius 1 is 0.950 bits per heavy atom. The van der Waals surface area contributed by atoms with Gasteiger partial charge in [-0.2, -0.15) is 39.5 Å². The van der Waals surface area contributed by atoms with E-state index in [0.29, 0.717) is 0 Å². The highest BCUT2D eigenvalue weighted by molar-refractivity contribution is 7.11. The van der Waals surface area contributed by atoms with Crippen LogP contribution in [-0.2, 0) is 6.18 Å². The Morgan fingerprint density at radius 2 is 1.40 bits per heavy atom. The molecule has 1 heterocycles. The maximum Gasteiger partial charge on any atom is 0.443 e. The van der Waals surface area contributed by atoms with Gasteiger partial charge in [0, 0.05) is 6.20 Å². The second-order valence-electron chi connectivity index (χ2n) is 3.57. The molecular formula is C8H4F9NOS. The van der Waals surface area contributed by atoms with Gasteiger partial charge in [-0.1, -0.05) is 0 Å². The van der Waals surface area contributed by atoms with Crippen LogP contribution >= 0.6 is 11.3 Å². The number of aliphatic hydroxyl groups excluding tert-OH is 1. The summed E-state index contributed by atoms with van der Waals surface area (Å²) < 4.78 is 110. The Balaban J connectivity index is 3.14. The Labute approximate surface area is 108 Å². The average Bonchev–Trinajstić information content (AvgIpc) is 2.59. The molecule has 0 radical (unpaired) electrons. The van der Waals surface area contributed by atoms with Crippen LogP contribution in [0, 0.1) is 5.92 Å². The number of nitrogens with zero attached hydrogens (tertiary/aromatic N) is 1. The zero-order valence-corrected chi connectivity index (χ0v) is 9.75. The van der Waals surface area contributed by atoms with Gasteiger partial charge in [-0.25, -0.2) is 4.98 Å². The van der Waals surface area contributed by atoms with Crippen LogP contribution in [0.1, 0.15) is 16.0 Å². The second kappa shape index (κ2) is 5.06. The summed E-state index contributed by atoms with van der Waals surface area (Å²) in [6, 6.07) is 0. The largest absolute Gasteiger partial charge is 0.443 e. The Hall–Kier alpha value is -1.04. The van der Waals surface area contributed by atoms with Gasteiger partial charge in [-0.15, -0.1) is 11.3 Å². The summed E-state index contributed by atoms with van der Waals surface area (Å²) in [7, 11) is 0. The first kappa shape index (κ1) is 17.0. The molecule has 1 unspecified atom stereocenters. The fourth-order valence-electron chi connectivity index (χ4n) is 1.26. The van der Waals surface area contributed by atoms with Gasteiger partial charge in [0.05, 0.1) is 4.88 Å². The summed E-state index contributed by atoms with van der Waals surface area (Å²) in [5.41, 5.74) is 0. The van der Waals surface area contributed by atoms with Crippen molar-refractivity contribution in [3.05, 3.63) is 16.1 Å². The van der Waals surface area contributed by atoms with Gasteiger partial charge in [0.15, 0.2) is 10.9 Å². The van der Waals surface area contributed by atoms with Gasteiger partial charge in [0.1, 0.15) is 6.10 Å². The molecule has 1 aromatic rings. The molecule has 0 bridgehead atoms. The first-order chi connectivity index (χ1) is 8.74. The first-order valence-corrected chi connectivity index (χ1v) is 5.40. The third-order valence-corrected chi connectivity index (χ3v) is 3.19. The molecule has 0 aliphatic carbocycles. The fourth-order valence-corrected chi connectivity index (χ4v) is 2.07. The molecule has 0 spiro atoms. The number of alkyl halides is 9. The van der Waals surface area contributed by atoms with Crippen molar-refractivity contribution in [3.63, 3.8) is 0 Å². The zero-order chi connectivity index (χ0) is 15.9. The highest BCUT2D eigenvalue weighted by atomic mass is 32.1. The summed E-state index contributed by atoms with van der Waals surface area (Å²) in [5, 5.41) is 7.45. The van der Waals surface area contributed by atoms with Crippen molar-refractivity contribution in [3.8, 4) is 0 Å². The van der Waals surface area contributed by atoms with E-state index in [2.05, 4.69) is 4.98 Å². The van der Waals surface area contributed by atoms with E-state index in [9.17, 15) is 39.5 Å². The number of hydrogen-bond donors (Lipinski definition) is 1. The number of halogens is 9. The maximum absolute atomic E-state index is 12.3. The van der Waals surface area contributed by atoms with E-state index in [0.717, 1.165) is 0 Å². The second-order valence-corrected chi connectivity index (χ2v) is 4.63. The summed E-state index contributed by atoms with van der Waals surface area (Å²) >= 11 is -0.478. The highest BCUT2D eigenvalue weighted by Crippen LogP contribution is 2.48. The van der Waals surface area contributed by atoms with Gasteiger partial charge >= 0.3 is 18.5 Å². The van der Waals surface area contributed by atoms with Crippen molar-refractivity contribution in [2.75, 3.05) is 0 Å². The molecular weight excluding hydrogens is 329 g/mol. The summed E-state index contributed by atoms with van der Waals surface area (Å²) in [4.78, 5) is 1.48. The van der Waals surface area contributed by atoms with Gasteiger partial charge in [-0.05, 0) is 0 Å². The number of aromatic nitrogens is 1. The van der Waals surface area contributed by atoms with E-state index in [1.54, 1.807) is 0 Å². The molecule has 20 heavy (non-hydrogen) atoms. The minimum atomic E-state index is -5.86. The van der Waals surface area contributed by atoms with Crippen molar-refractivity contribution >= 4 is 11.3 Å². The van der Waals surface area contributed by atoms with Crippen molar-refractivity contribution in [2.24, 2.45) is 5.92 Å². The van der Waals surface area contributed by atoms with Crippen molar-refractivity contribution in [1.29, 1.82) is 0 Å². The van der Waals surface area contributed by atoms with Crippen LogP contribution in [0.25, 0.3) is 0 Å². The van der Waals surface area contributed by atoms with Gasteiger partial charge in [0.2, 0.25) is 0 Å². The van der Waals surface area contributed by atoms with Crippen LogP contribution in [0.3, 0.4) is 0 Å². The predicted octanol–water partition coefficient (Wildman–Crippen LogP) is 3.94. The van der Waals surface area contributed by atoms with Crippen molar-refractivity contribution < 1.29 is 44.6 Å². The molecule has 1 rings (SSSR count). The molecule has 0 saturated heterocycles. The lowest BCUT2D eigenvalue weighted by Crippen LogP contribution is -2.40. The van der Waals surface area contributed by atoms with E-state index in [1.165, 1.54) is 0 Å². The Morgan fingerprint density at radius 3 is 1.70 bits per heavy atom. The molecule has 116 valence electrons. The SMILES string of the molecule is OC(c1cnc(C(F)(F)F)s1)C(C(F)(F)F)C(F)(F)F. The lowest BCUT2D eigenvalue weighted by molar-refractivity contribution is -0.307. The van der Waals surface area contributed by atoms with E-state index in [1.807, 2.05) is 0 Å². The molecule has 0 fully saturated rings. The molecule has 0 saturated carbocycles. The van der Waals surface area contributed by atoms with Crippen LogP contribution in [-0.4, -0.2) is 22.4 Å². The fraction of sp³-hybridized carbons (Fsp3) is 0.625. The third-order valence-electron chi connectivity index (χ3n) is 2.08. The third kappa shape index (κ3) is 3.75. The molecule has 1 atom stereocenters. The maximum atomic E-state index is 12.3. The predicted molar refractivity (Wildman–Crippen MR) is 47.7 cm³/mol. The molecule has 1 N–H and O–H groups in total. The molecule has 0 aromatic carbocycles. The van der Waals surface area contributed by atoms with E-state index in [4.69, 9.17) is 5.11 Å². The van der Waals surface area contributed by atoms with Crippen LogP contribution in [0.2, 0.25) is 0 Å². The Bertz CT molecular complexity index is 446. The summed E-state index contributed by atoms with van der Waals surface area (Å²) in [6.07, 6.45) is -19.8. The standard InChI is InChI=1S/C8H4F9NOS/c9-6(10,11)4(7(12,13)14)3(19)2-1-18-5(20-2)8(15,16)17/h1,3-4,19H. The van der Waals surface area contributed by atoms with Crippen LogP contribution < -0.4 is 0 Å². The minimum absolute atomic E-state index is 0.142. The lowest BCUT2D eigenvalue weighted by atomic mass is 10.0. The number of aliphatic hydroxyl groups is 1. The lowest BCUT2D eigenvalue weighted by Gasteiger charge is -2.26. The molecule has 1 aromatic heterocycles. The Kier molecular flexibility index (Phi) is 4.30. The van der Waals surface area contributed by atoms with Crippen LogP contribution in [0.15, 0.2) is 6.20 Å². The van der Waals surface area contributed by atoms with E-state index >= 15 is 0 Å². The average molecular weight is 333 g/mol. The van der Waals surface area contributed by atoms with Gasteiger partial charge in [0.25, 0.3) is 0 Å². The molecule has 0 amide bonds. The monoisotopic (exact) mass is 333 g/mol. The van der Waals surface area contributed by atoms with Crippen LogP contribution in [0.5, 0.6) is 0 Å². The molecule has 0 aliphatic rings. The van der Waals surface area contributed by atoms with E-state index < -0.39 is 51.8 Å². The summed E-state index contributed by atoms with van der Waals surface area (Å²) in [6.45, 7) is 0. The summed E-state index contributed by atoms with van der Waals surface area (Å²) in [5.74, 6) is -4.18. The zero-order valence-electron chi connectivity index (χ0n) is 8.94. The number of rotatable bonds is 2. The van der Waals surface area contributed by atoms with Gasteiger partial charge in [-0.3, -0.25) is 0 Å². The quantitative estimate of drug-likeness (QED) is 0.832. The first-order valence-electron chi connectivity index (χ1n) is 4.59. The van der Waals surface area contributed by atoms with Gasteiger partial charge < -0.3 is 5.11 Å². The number of hydrogen-bond acceptors (Lipinski definition) is 3. The highest BCUT2D eigenvalue weighted by Gasteiger charge is 2.61. The molecule has 2 nitrogen and oxygen atoms in total. The van der Waals surface area contributed by atoms with E-state index in [-0.39, 0.29) is 6.20 Å². The molecule has 0 aliphatic heterocycles. The molecule has 12 heteroatoms. The minimum Gasteiger partial charge on any atom is -0.387 e. The van der Waals surface area contributed by atoms with Crippen molar-refractivity contribution in [1.82, 2.24) is 4.98 Å².